The maximum absolute atomic E-state index is 11.9. The minimum atomic E-state index is -0.111. The van der Waals surface area contributed by atoms with Crippen LogP contribution in [-0.4, -0.2) is 16.9 Å². The van der Waals surface area contributed by atoms with Gasteiger partial charge in [0, 0.05) is 16.8 Å². The fraction of sp³-hybridized carbons (Fsp3) is 0.0500. The average Bonchev–Trinajstić information content (AvgIpc) is 3.25. The highest BCUT2D eigenvalue weighted by Gasteiger charge is 2.15. The summed E-state index contributed by atoms with van der Waals surface area (Å²) in [7, 11) is 0. The second-order valence-corrected chi connectivity index (χ2v) is 6.92. The Balaban J connectivity index is 1.67. The average molecular weight is 360 g/mol. The maximum atomic E-state index is 11.9. The summed E-state index contributed by atoms with van der Waals surface area (Å²) in [6.07, 6.45) is 3.64. The molecule has 2 aromatic carbocycles. The van der Waals surface area contributed by atoms with Gasteiger partial charge >= 0.3 is 4.87 Å². The standard InChI is InChI=1S/C20H16N4OS/c1-13-7-9-16(10-8-13)22-19-17(26-20(25)23-19)11-15-12-21-24-18(15)14-5-3-2-4-6-14/h2-12,22H,1H3,(H,23,25)/b15-11+. The van der Waals surface area contributed by atoms with E-state index in [1.165, 1.54) is 5.56 Å². The number of aromatic amines is 1. The van der Waals surface area contributed by atoms with Gasteiger partial charge in [-0.25, -0.2) is 0 Å². The van der Waals surface area contributed by atoms with Crippen molar-refractivity contribution in [3.05, 3.63) is 85.8 Å². The monoisotopic (exact) mass is 360 g/mol. The molecule has 0 bridgehead atoms. The Morgan fingerprint density at radius 3 is 2.62 bits per heavy atom. The highest BCUT2D eigenvalue weighted by Crippen LogP contribution is 2.25. The van der Waals surface area contributed by atoms with Crippen LogP contribution >= 0.6 is 11.3 Å². The van der Waals surface area contributed by atoms with Gasteiger partial charge in [0.05, 0.1) is 11.1 Å². The normalized spacial score (nSPS) is 14.7. The molecule has 26 heavy (non-hydrogen) atoms. The van der Waals surface area contributed by atoms with E-state index < -0.39 is 0 Å². The first kappa shape index (κ1) is 16.2. The van der Waals surface area contributed by atoms with Crippen molar-refractivity contribution in [3.63, 3.8) is 0 Å². The minimum absolute atomic E-state index is 0.111. The molecule has 4 rings (SSSR count). The molecule has 6 heteroatoms. The van der Waals surface area contributed by atoms with Crippen molar-refractivity contribution in [2.75, 3.05) is 5.32 Å². The molecule has 2 heterocycles. The third kappa shape index (κ3) is 3.41. The number of benzene rings is 2. The molecule has 1 aromatic heterocycles. The molecule has 0 unspecified atom stereocenters. The second-order valence-electron chi connectivity index (χ2n) is 5.90. The van der Waals surface area contributed by atoms with Crippen LogP contribution < -0.4 is 10.2 Å². The van der Waals surface area contributed by atoms with E-state index in [4.69, 9.17) is 0 Å². The van der Waals surface area contributed by atoms with Gasteiger partial charge in [-0.2, -0.15) is 5.10 Å². The Kier molecular flexibility index (Phi) is 4.33. The van der Waals surface area contributed by atoms with Gasteiger partial charge in [0.15, 0.2) is 0 Å². The lowest BCUT2D eigenvalue weighted by atomic mass is 10.0. The van der Waals surface area contributed by atoms with Gasteiger partial charge in [-0.1, -0.05) is 59.4 Å². The molecular weight excluding hydrogens is 344 g/mol. The number of aromatic nitrogens is 1. The van der Waals surface area contributed by atoms with E-state index >= 15 is 0 Å². The van der Waals surface area contributed by atoms with Crippen LogP contribution in [0, 0.1) is 6.92 Å². The number of rotatable bonds is 4. The number of thiazole rings is 1. The fourth-order valence-corrected chi connectivity index (χ4v) is 3.39. The van der Waals surface area contributed by atoms with Crippen LogP contribution in [0.1, 0.15) is 16.0 Å². The molecule has 0 radical (unpaired) electrons. The van der Waals surface area contributed by atoms with Gasteiger partial charge in [0.2, 0.25) is 0 Å². The number of nitrogens with zero attached hydrogens (tertiary/aromatic N) is 2. The number of anilines is 2. The van der Waals surface area contributed by atoms with Gasteiger partial charge in [-0.15, -0.1) is 5.10 Å². The predicted molar refractivity (Wildman–Crippen MR) is 109 cm³/mol. The van der Waals surface area contributed by atoms with Crippen LogP contribution in [0.5, 0.6) is 0 Å². The summed E-state index contributed by atoms with van der Waals surface area (Å²) >= 11 is 1.15. The number of aryl methyl sites for hydroxylation is 1. The van der Waals surface area contributed by atoms with Gasteiger partial charge in [-0.3, -0.25) is 9.78 Å². The summed E-state index contributed by atoms with van der Waals surface area (Å²) in [4.78, 5) is 15.5. The summed E-state index contributed by atoms with van der Waals surface area (Å²) in [5, 5.41) is 11.5. The summed E-state index contributed by atoms with van der Waals surface area (Å²) in [5.74, 6) is 0.670. The van der Waals surface area contributed by atoms with E-state index in [2.05, 4.69) is 20.5 Å². The lowest BCUT2D eigenvalue weighted by Crippen LogP contribution is -2.02. The van der Waals surface area contributed by atoms with Gasteiger partial charge in [0.1, 0.15) is 11.5 Å². The largest absolute Gasteiger partial charge is 0.341 e. The first-order valence-corrected chi connectivity index (χ1v) is 8.96. The van der Waals surface area contributed by atoms with Crippen LogP contribution in [0.25, 0.3) is 6.08 Å². The molecule has 1 aliphatic rings. The third-order valence-electron chi connectivity index (χ3n) is 3.96. The van der Waals surface area contributed by atoms with Crippen molar-refractivity contribution in [2.24, 2.45) is 10.2 Å². The smallest absolute Gasteiger partial charge is 0.306 e. The van der Waals surface area contributed by atoms with Crippen molar-refractivity contribution >= 4 is 40.8 Å². The minimum Gasteiger partial charge on any atom is -0.341 e. The summed E-state index contributed by atoms with van der Waals surface area (Å²) in [5.41, 5.74) is 4.77. The zero-order valence-corrected chi connectivity index (χ0v) is 14.9. The Bertz CT molecular complexity index is 1070. The van der Waals surface area contributed by atoms with Crippen molar-refractivity contribution in [2.45, 2.75) is 6.92 Å². The molecule has 0 amide bonds. The summed E-state index contributed by atoms with van der Waals surface area (Å²) in [6.45, 7) is 2.04. The van der Waals surface area contributed by atoms with Crippen LogP contribution in [-0.2, 0) is 0 Å². The quantitative estimate of drug-likeness (QED) is 0.726. The molecule has 3 aromatic rings. The molecule has 0 aliphatic carbocycles. The van der Waals surface area contributed by atoms with E-state index in [1.54, 1.807) is 6.21 Å². The molecule has 1 aliphatic heterocycles. The Morgan fingerprint density at radius 1 is 1.08 bits per heavy atom. The topological polar surface area (TPSA) is 69.6 Å². The lowest BCUT2D eigenvalue weighted by molar-refractivity contribution is 1.28. The molecular formula is C20H16N4OS. The van der Waals surface area contributed by atoms with Crippen LogP contribution in [0.4, 0.5) is 11.5 Å². The zero-order chi connectivity index (χ0) is 17.9. The SMILES string of the molecule is Cc1ccc(Nc2[nH]c(=O)sc2/C=C2\C=NN=C2c2ccccc2)cc1. The number of hydrogen-bond acceptors (Lipinski definition) is 5. The first-order valence-electron chi connectivity index (χ1n) is 8.14. The van der Waals surface area contributed by atoms with Gasteiger partial charge < -0.3 is 5.32 Å². The van der Waals surface area contributed by atoms with E-state index in [1.807, 2.05) is 67.6 Å². The van der Waals surface area contributed by atoms with Crippen molar-refractivity contribution in [3.8, 4) is 0 Å². The van der Waals surface area contributed by atoms with E-state index in [-0.39, 0.29) is 4.87 Å². The summed E-state index contributed by atoms with van der Waals surface area (Å²) < 4.78 is 0. The molecule has 2 N–H and O–H groups in total. The van der Waals surface area contributed by atoms with Crippen LogP contribution in [0.2, 0.25) is 0 Å². The maximum Gasteiger partial charge on any atom is 0.306 e. The van der Waals surface area contributed by atoms with Crippen molar-refractivity contribution in [1.82, 2.24) is 4.98 Å². The molecule has 5 nitrogen and oxygen atoms in total. The number of H-pyrrole nitrogens is 1. The highest BCUT2D eigenvalue weighted by molar-refractivity contribution is 7.10. The van der Waals surface area contributed by atoms with Crippen molar-refractivity contribution in [1.29, 1.82) is 0 Å². The van der Waals surface area contributed by atoms with Crippen molar-refractivity contribution < 1.29 is 0 Å². The first-order chi connectivity index (χ1) is 12.7. The van der Waals surface area contributed by atoms with Crippen LogP contribution in [0.3, 0.4) is 0 Å². The van der Waals surface area contributed by atoms with E-state index in [0.29, 0.717) is 5.82 Å². The third-order valence-corrected chi connectivity index (χ3v) is 4.79. The van der Waals surface area contributed by atoms with E-state index in [9.17, 15) is 4.79 Å². The molecule has 0 atom stereocenters. The van der Waals surface area contributed by atoms with E-state index in [0.717, 1.165) is 38.7 Å². The van der Waals surface area contributed by atoms with Gasteiger partial charge in [0.25, 0.3) is 0 Å². The lowest BCUT2D eigenvalue weighted by Gasteiger charge is -2.06. The molecule has 0 fully saturated rings. The number of allylic oxidation sites excluding steroid dienone is 1. The predicted octanol–water partition coefficient (Wildman–Crippen LogP) is 4.36. The van der Waals surface area contributed by atoms with Crippen LogP contribution in [0.15, 0.2) is 75.2 Å². The Morgan fingerprint density at radius 2 is 1.85 bits per heavy atom. The molecule has 0 saturated heterocycles. The highest BCUT2D eigenvalue weighted by atomic mass is 32.1. The second kappa shape index (κ2) is 6.93. The molecule has 0 spiro atoms. The summed E-state index contributed by atoms with van der Waals surface area (Å²) in [6, 6.07) is 17.9. The molecule has 128 valence electrons. The van der Waals surface area contributed by atoms with Gasteiger partial charge in [-0.05, 0) is 25.1 Å². The fourth-order valence-electron chi connectivity index (χ4n) is 2.65. The Labute approximate surface area is 154 Å². The molecule has 0 saturated carbocycles. The number of hydrogen-bond donors (Lipinski definition) is 2. The Hall–Kier alpha value is -3.25. The number of nitrogens with one attached hydrogen (secondary N) is 2. The zero-order valence-electron chi connectivity index (χ0n) is 14.1.